The molecular formula is C11H23O4PS. The quantitative estimate of drug-likeness (QED) is 0.401. The van der Waals surface area contributed by atoms with Crippen LogP contribution in [0.25, 0.3) is 0 Å². The summed E-state index contributed by atoms with van der Waals surface area (Å²) in [5, 5.41) is 0.186. The van der Waals surface area contributed by atoms with E-state index < -0.39 is 7.37 Å². The Bertz CT molecular complexity index is 268. The van der Waals surface area contributed by atoms with E-state index in [4.69, 9.17) is 9.26 Å². The maximum atomic E-state index is 12.4. The monoisotopic (exact) mass is 282 g/mol. The van der Waals surface area contributed by atoms with Gasteiger partial charge in [0.25, 0.3) is 0 Å². The van der Waals surface area contributed by atoms with Crippen molar-refractivity contribution in [1.82, 2.24) is 0 Å². The first kappa shape index (κ1) is 17.0. The van der Waals surface area contributed by atoms with Gasteiger partial charge in [0.1, 0.15) is 0 Å². The summed E-state index contributed by atoms with van der Waals surface area (Å²) in [6.07, 6.45) is 1.63. The molecule has 0 heterocycles. The third-order valence-electron chi connectivity index (χ3n) is 2.21. The summed E-state index contributed by atoms with van der Waals surface area (Å²) >= 11 is 4.25. The van der Waals surface area contributed by atoms with E-state index in [2.05, 4.69) is 12.6 Å². The Kier molecular flexibility index (Phi) is 9.01. The lowest BCUT2D eigenvalue weighted by Crippen LogP contribution is -2.10. The van der Waals surface area contributed by atoms with Crippen LogP contribution in [0.5, 0.6) is 0 Å². The zero-order chi connectivity index (χ0) is 13.3. The first-order chi connectivity index (χ1) is 7.93. The smallest absolute Gasteiger partial charge is 0.306 e. The van der Waals surface area contributed by atoms with Gasteiger partial charge in [-0.3, -0.25) is 9.36 Å². The number of thiol groups is 1. The normalized spacial score (nSPS) is 16.2. The Labute approximate surface area is 109 Å². The van der Waals surface area contributed by atoms with Crippen molar-refractivity contribution >= 4 is 26.0 Å². The van der Waals surface area contributed by atoms with E-state index in [9.17, 15) is 9.36 Å². The van der Waals surface area contributed by atoms with Crippen LogP contribution >= 0.6 is 20.0 Å². The van der Waals surface area contributed by atoms with E-state index in [1.54, 1.807) is 13.8 Å². The molecule has 0 aromatic heterocycles. The number of carbonyl (C=O) groups is 1. The second-order valence-electron chi connectivity index (χ2n) is 3.87. The highest BCUT2D eigenvalue weighted by atomic mass is 32.1. The van der Waals surface area contributed by atoms with Crippen molar-refractivity contribution < 1.29 is 18.6 Å². The van der Waals surface area contributed by atoms with Crippen molar-refractivity contribution in [3.05, 3.63) is 0 Å². The summed E-state index contributed by atoms with van der Waals surface area (Å²) in [7, 11) is -2.70. The zero-order valence-corrected chi connectivity index (χ0v) is 12.6. The fourth-order valence-electron chi connectivity index (χ4n) is 1.35. The highest BCUT2D eigenvalue weighted by Gasteiger charge is 2.24. The minimum absolute atomic E-state index is 0.159. The van der Waals surface area contributed by atoms with Crippen LogP contribution in [-0.4, -0.2) is 36.8 Å². The number of esters is 1. The van der Waals surface area contributed by atoms with Crippen LogP contribution in [0.3, 0.4) is 0 Å². The number of rotatable bonds is 9. The fraction of sp³-hybridized carbons (Fsp3) is 0.909. The van der Waals surface area contributed by atoms with Gasteiger partial charge in [0, 0.05) is 12.3 Å². The molecule has 0 spiro atoms. The molecule has 102 valence electrons. The molecule has 0 aromatic rings. The summed E-state index contributed by atoms with van der Waals surface area (Å²) in [6, 6.07) is 0. The number of hydrogen-bond donors (Lipinski definition) is 1. The maximum Gasteiger partial charge on any atom is 0.306 e. The zero-order valence-electron chi connectivity index (χ0n) is 10.8. The van der Waals surface area contributed by atoms with Gasteiger partial charge in [-0.2, -0.15) is 12.6 Å². The fourth-order valence-corrected chi connectivity index (χ4v) is 3.94. The van der Waals surface area contributed by atoms with E-state index in [1.165, 1.54) is 0 Å². The Morgan fingerprint density at radius 2 is 1.94 bits per heavy atom. The Hall–Kier alpha value is 0.01000. The van der Waals surface area contributed by atoms with Crippen LogP contribution in [0.1, 0.15) is 33.6 Å². The van der Waals surface area contributed by atoms with Crippen molar-refractivity contribution in [1.29, 1.82) is 0 Å². The predicted molar refractivity (Wildman–Crippen MR) is 73.3 cm³/mol. The molecular weight excluding hydrogens is 259 g/mol. The molecule has 6 heteroatoms. The number of carbonyl (C=O) groups excluding carboxylic acids is 1. The van der Waals surface area contributed by atoms with E-state index in [-0.39, 0.29) is 23.8 Å². The van der Waals surface area contributed by atoms with E-state index >= 15 is 0 Å². The predicted octanol–water partition coefficient (Wildman–Crippen LogP) is 2.96. The molecule has 0 aromatic carbocycles. The molecule has 4 nitrogen and oxygen atoms in total. The van der Waals surface area contributed by atoms with Gasteiger partial charge in [-0.25, -0.2) is 0 Å². The number of hydrogen-bond acceptors (Lipinski definition) is 5. The molecule has 2 unspecified atom stereocenters. The van der Waals surface area contributed by atoms with Gasteiger partial charge < -0.3 is 9.26 Å². The van der Waals surface area contributed by atoms with Gasteiger partial charge in [0.15, 0.2) is 0 Å². The van der Waals surface area contributed by atoms with Crippen molar-refractivity contribution in [2.75, 3.05) is 25.5 Å². The molecule has 0 aliphatic rings. The topological polar surface area (TPSA) is 52.6 Å². The van der Waals surface area contributed by atoms with Crippen molar-refractivity contribution in [2.45, 2.75) is 38.9 Å². The Balaban J connectivity index is 4.20. The van der Waals surface area contributed by atoms with E-state index in [0.29, 0.717) is 19.4 Å². The third kappa shape index (κ3) is 8.70. The molecule has 0 N–H and O–H groups in total. The molecule has 0 rings (SSSR count). The second kappa shape index (κ2) is 9.01. The first-order valence-electron chi connectivity index (χ1n) is 5.99. The minimum Gasteiger partial charge on any atom is -0.466 e. The summed E-state index contributed by atoms with van der Waals surface area (Å²) in [5.41, 5.74) is 0. The third-order valence-corrected chi connectivity index (χ3v) is 5.05. The van der Waals surface area contributed by atoms with Gasteiger partial charge in [-0.05, 0) is 25.5 Å². The summed E-state index contributed by atoms with van der Waals surface area (Å²) in [6.45, 7) is 6.26. The average molecular weight is 282 g/mol. The minimum atomic E-state index is -2.70. The molecule has 17 heavy (non-hydrogen) atoms. The first-order valence-corrected chi connectivity index (χ1v) is 8.51. The van der Waals surface area contributed by atoms with Crippen LogP contribution in [0.15, 0.2) is 0 Å². The van der Waals surface area contributed by atoms with Crippen LogP contribution < -0.4 is 0 Å². The molecule has 0 radical (unpaired) electrons. The lowest BCUT2D eigenvalue weighted by atomic mass is 10.4. The lowest BCUT2D eigenvalue weighted by Gasteiger charge is -2.18. The van der Waals surface area contributed by atoms with Gasteiger partial charge in [-0.15, -0.1) is 0 Å². The van der Waals surface area contributed by atoms with E-state index in [0.717, 1.165) is 6.42 Å². The van der Waals surface area contributed by atoms with Crippen molar-refractivity contribution in [3.63, 3.8) is 0 Å². The van der Waals surface area contributed by atoms with Crippen LogP contribution in [0.4, 0.5) is 0 Å². The molecule has 0 aliphatic heterocycles. The molecule has 0 saturated carbocycles. The van der Waals surface area contributed by atoms with Crippen molar-refractivity contribution in [2.24, 2.45) is 0 Å². The molecule has 0 aliphatic carbocycles. The van der Waals surface area contributed by atoms with Crippen molar-refractivity contribution in [3.8, 4) is 0 Å². The van der Waals surface area contributed by atoms with Gasteiger partial charge >= 0.3 is 5.97 Å². The average Bonchev–Trinajstić information content (AvgIpc) is 2.25. The molecule has 0 fully saturated rings. The Morgan fingerprint density at radius 1 is 1.29 bits per heavy atom. The summed E-state index contributed by atoms with van der Waals surface area (Å²) in [5.74, 6) is -0.314. The molecule has 2 atom stereocenters. The molecule has 0 saturated heterocycles. The highest BCUT2D eigenvalue weighted by molar-refractivity contribution is 7.80. The number of ether oxygens (including phenoxy) is 1. The largest absolute Gasteiger partial charge is 0.466 e. The van der Waals surface area contributed by atoms with Crippen LogP contribution in [-0.2, 0) is 18.6 Å². The maximum absolute atomic E-state index is 12.4. The molecule has 0 amide bonds. The van der Waals surface area contributed by atoms with Gasteiger partial charge in [-0.1, -0.05) is 6.92 Å². The van der Waals surface area contributed by atoms with E-state index in [1.807, 2.05) is 6.92 Å². The second-order valence-corrected chi connectivity index (χ2v) is 7.54. The van der Waals surface area contributed by atoms with Gasteiger partial charge in [0.2, 0.25) is 7.37 Å². The summed E-state index contributed by atoms with van der Waals surface area (Å²) < 4.78 is 22.5. The molecule has 0 bridgehead atoms. The highest BCUT2D eigenvalue weighted by Crippen LogP contribution is 2.48. The Morgan fingerprint density at radius 3 is 2.41 bits per heavy atom. The van der Waals surface area contributed by atoms with Gasteiger partial charge in [0.05, 0.1) is 19.6 Å². The SMILES string of the molecule is CCOC(=O)CCP(=O)(CCC(C)S)OCC. The van der Waals surface area contributed by atoms with Crippen LogP contribution in [0.2, 0.25) is 0 Å². The van der Waals surface area contributed by atoms with Crippen LogP contribution in [0, 0.1) is 0 Å². The standard InChI is InChI=1S/C11H23O4PS/c1-4-14-11(12)7-9-16(13,15-5-2)8-6-10(3)17/h10,17H,4-9H2,1-3H3. The summed E-state index contributed by atoms with van der Waals surface area (Å²) in [4.78, 5) is 11.2. The lowest BCUT2D eigenvalue weighted by molar-refractivity contribution is -0.142.